The Kier molecular flexibility index (Phi) is 3.97. The summed E-state index contributed by atoms with van der Waals surface area (Å²) in [5.74, 6) is 5.70. The molecule has 4 nitrogen and oxygen atoms in total. The van der Waals surface area contributed by atoms with Crippen LogP contribution >= 0.6 is 0 Å². The lowest BCUT2D eigenvalue weighted by Gasteiger charge is -2.14. The van der Waals surface area contributed by atoms with E-state index in [1.165, 1.54) is 5.01 Å². The molecular formula is C10H16N4. The van der Waals surface area contributed by atoms with E-state index in [0.29, 0.717) is 18.8 Å². The van der Waals surface area contributed by atoms with Gasteiger partial charge in [0.1, 0.15) is 0 Å². The second-order valence-electron chi connectivity index (χ2n) is 3.07. The van der Waals surface area contributed by atoms with Gasteiger partial charge in [-0.2, -0.15) is 0 Å². The first-order valence-corrected chi connectivity index (χ1v) is 4.44. The molecule has 0 atom stereocenters. The van der Waals surface area contributed by atoms with E-state index in [-0.39, 0.29) is 0 Å². The standard InChI is InChI=1S/C10H16N4/c11-6-10(12)8-14(13)7-9-4-2-1-3-5-9/h1-5,8H,6-7,11-13H2/b10-8-. The summed E-state index contributed by atoms with van der Waals surface area (Å²) in [5, 5.41) is 1.53. The number of rotatable bonds is 4. The zero-order chi connectivity index (χ0) is 10.4. The number of hydrogen-bond acceptors (Lipinski definition) is 4. The van der Waals surface area contributed by atoms with Gasteiger partial charge in [0.2, 0.25) is 0 Å². The number of nitrogens with zero attached hydrogens (tertiary/aromatic N) is 1. The fraction of sp³-hybridized carbons (Fsp3) is 0.200. The van der Waals surface area contributed by atoms with Crippen LogP contribution in [0.2, 0.25) is 0 Å². The van der Waals surface area contributed by atoms with E-state index in [1.807, 2.05) is 30.3 Å². The number of benzene rings is 1. The summed E-state index contributed by atoms with van der Waals surface area (Å²) in [6.07, 6.45) is 1.65. The van der Waals surface area contributed by atoms with Crippen LogP contribution in [-0.2, 0) is 6.54 Å². The highest BCUT2D eigenvalue weighted by molar-refractivity contribution is 5.14. The molecule has 1 aromatic carbocycles. The van der Waals surface area contributed by atoms with Gasteiger partial charge in [0.15, 0.2) is 0 Å². The molecule has 0 aromatic heterocycles. The zero-order valence-corrected chi connectivity index (χ0v) is 8.06. The summed E-state index contributed by atoms with van der Waals surface area (Å²) >= 11 is 0. The molecule has 0 heterocycles. The van der Waals surface area contributed by atoms with Gasteiger partial charge in [-0.15, -0.1) is 0 Å². The molecule has 4 heteroatoms. The minimum Gasteiger partial charge on any atom is -0.400 e. The van der Waals surface area contributed by atoms with Gasteiger partial charge in [-0.3, -0.25) is 0 Å². The Hall–Kier alpha value is -1.52. The van der Waals surface area contributed by atoms with Crippen LogP contribution in [0.15, 0.2) is 42.2 Å². The fourth-order valence-electron chi connectivity index (χ4n) is 1.11. The Labute approximate surface area is 84.0 Å². The van der Waals surface area contributed by atoms with Crippen molar-refractivity contribution < 1.29 is 0 Å². The van der Waals surface area contributed by atoms with Crippen LogP contribution in [0.4, 0.5) is 0 Å². The van der Waals surface area contributed by atoms with Crippen LogP contribution in [0.25, 0.3) is 0 Å². The van der Waals surface area contributed by atoms with Crippen molar-refractivity contribution in [3.05, 3.63) is 47.8 Å². The molecule has 0 aliphatic carbocycles. The molecule has 0 amide bonds. The highest BCUT2D eigenvalue weighted by Crippen LogP contribution is 2.01. The zero-order valence-electron chi connectivity index (χ0n) is 8.06. The van der Waals surface area contributed by atoms with E-state index in [4.69, 9.17) is 17.3 Å². The maximum absolute atomic E-state index is 5.70. The molecule has 14 heavy (non-hydrogen) atoms. The molecule has 1 aromatic rings. The summed E-state index contributed by atoms with van der Waals surface area (Å²) in [4.78, 5) is 0. The van der Waals surface area contributed by atoms with E-state index >= 15 is 0 Å². The van der Waals surface area contributed by atoms with Crippen molar-refractivity contribution in [3.63, 3.8) is 0 Å². The van der Waals surface area contributed by atoms with Gasteiger partial charge in [0.25, 0.3) is 0 Å². The predicted molar refractivity (Wildman–Crippen MR) is 57.5 cm³/mol. The van der Waals surface area contributed by atoms with Crippen molar-refractivity contribution >= 4 is 0 Å². The van der Waals surface area contributed by atoms with Crippen LogP contribution in [-0.4, -0.2) is 11.6 Å². The first-order valence-electron chi connectivity index (χ1n) is 4.44. The van der Waals surface area contributed by atoms with E-state index in [1.54, 1.807) is 6.20 Å². The van der Waals surface area contributed by atoms with Crippen LogP contribution in [0, 0.1) is 0 Å². The average molecular weight is 192 g/mol. The average Bonchev–Trinajstić information content (AvgIpc) is 2.19. The highest BCUT2D eigenvalue weighted by Gasteiger charge is 1.96. The Morgan fingerprint density at radius 1 is 1.29 bits per heavy atom. The van der Waals surface area contributed by atoms with E-state index in [0.717, 1.165) is 5.56 Å². The second kappa shape index (κ2) is 5.26. The van der Waals surface area contributed by atoms with Crippen LogP contribution < -0.4 is 17.3 Å². The molecule has 0 radical (unpaired) electrons. The molecule has 0 saturated heterocycles. The minimum atomic E-state index is 0.322. The molecule has 0 fully saturated rings. The molecule has 0 aliphatic rings. The first kappa shape index (κ1) is 10.6. The minimum absolute atomic E-state index is 0.322. The quantitative estimate of drug-likeness (QED) is 0.467. The smallest absolute Gasteiger partial charge is 0.0586 e. The third kappa shape index (κ3) is 3.47. The summed E-state index contributed by atoms with van der Waals surface area (Å²) < 4.78 is 0. The number of hydrogen-bond donors (Lipinski definition) is 3. The van der Waals surface area contributed by atoms with Crippen molar-refractivity contribution in [3.8, 4) is 0 Å². The van der Waals surface area contributed by atoms with E-state index in [9.17, 15) is 0 Å². The van der Waals surface area contributed by atoms with Gasteiger partial charge in [0, 0.05) is 18.4 Å². The molecular weight excluding hydrogens is 176 g/mol. The second-order valence-corrected chi connectivity index (χ2v) is 3.07. The molecule has 0 spiro atoms. The largest absolute Gasteiger partial charge is 0.400 e. The first-order chi connectivity index (χ1) is 6.72. The lowest BCUT2D eigenvalue weighted by atomic mass is 10.2. The molecule has 0 bridgehead atoms. The van der Waals surface area contributed by atoms with Crippen molar-refractivity contribution in [1.29, 1.82) is 0 Å². The normalized spacial score (nSPS) is 11.4. The molecule has 6 N–H and O–H groups in total. The van der Waals surface area contributed by atoms with Gasteiger partial charge in [-0.1, -0.05) is 30.3 Å². The number of nitrogens with two attached hydrogens (primary N) is 3. The third-order valence-electron chi connectivity index (χ3n) is 1.78. The number of hydrazine groups is 1. The predicted octanol–water partition coefficient (Wildman–Crippen LogP) is 0.121. The maximum Gasteiger partial charge on any atom is 0.0586 e. The molecule has 76 valence electrons. The molecule has 0 unspecified atom stereocenters. The van der Waals surface area contributed by atoms with Crippen molar-refractivity contribution in [2.24, 2.45) is 17.3 Å². The third-order valence-corrected chi connectivity index (χ3v) is 1.78. The van der Waals surface area contributed by atoms with Gasteiger partial charge in [0.05, 0.1) is 6.54 Å². The fourth-order valence-corrected chi connectivity index (χ4v) is 1.11. The summed E-state index contributed by atoms with van der Waals surface area (Å²) in [6.45, 7) is 0.948. The Balaban J connectivity index is 2.53. The topological polar surface area (TPSA) is 81.3 Å². The Morgan fingerprint density at radius 2 is 1.93 bits per heavy atom. The Morgan fingerprint density at radius 3 is 2.50 bits per heavy atom. The lowest BCUT2D eigenvalue weighted by Crippen LogP contribution is -2.27. The van der Waals surface area contributed by atoms with Crippen LogP contribution in [0.5, 0.6) is 0 Å². The molecule has 0 saturated carbocycles. The van der Waals surface area contributed by atoms with E-state index in [2.05, 4.69) is 0 Å². The monoisotopic (exact) mass is 192 g/mol. The van der Waals surface area contributed by atoms with Gasteiger partial charge >= 0.3 is 0 Å². The van der Waals surface area contributed by atoms with Crippen molar-refractivity contribution in [1.82, 2.24) is 5.01 Å². The SMILES string of the molecule is NC/C(N)=C/N(N)Cc1ccccc1. The van der Waals surface area contributed by atoms with Crippen molar-refractivity contribution in [2.45, 2.75) is 6.54 Å². The highest BCUT2D eigenvalue weighted by atomic mass is 15.4. The van der Waals surface area contributed by atoms with Crippen LogP contribution in [0.3, 0.4) is 0 Å². The van der Waals surface area contributed by atoms with Gasteiger partial charge < -0.3 is 16.5 Å². The molecule has 0 aliphatic heterocycles. The molecule has 1 rings (SSSR count). The summed E-state index contributed by atoms with van der Waals surface area (Å²) in [6, 6.07) is 9.92. The summed E-state index contributed by atoms with van der Waals surface area (Å²) in [7, 11) is 0. The van der Waals surface area contributed by atoms with E-state index < -0.39 is 0 Å². The van der Waals surface area contributed by atoms with Gasteiger partial charge in [-0.05, 0) is 5.56 Å². The van der Waals surface area contributed by atoms with Crippen LogP contribution in [0.1, 0.15) is 5.56 Å². The Bertz CT molecular complexity index is 294. The summed E-state index contributed by atoms with van der Waals surface area (Å²) in [5.41, 5.74) is 12.6. The van der Waals surface area contributed by atoms with Gasteiger partial charge in [-0.25, -0.2) is 5.84 Å². The lowest BCUT2D eigenvalue weighted by molar-refractivity contribution is 0.383. The van der Waals surface area contributed by atoms with Crippen molar-refractivity contribution in [2.75, 3.05) is 6.54 Å². The maximum atomic E-state index is 5.70.